The van der Waals surface area contributed by atoms with E-state index in [1.807, 2.05) is 6.07 Å². The number of rotatable bonds is 3. The molecule has 2 rings (SSSR count). The maximum Gasteiger partial charge on any atom is 0.0468 e. The lowest BCUT2D eigenvalue weighted by Crippen LogP contribution is -2.24. The molecule has 0 aromatic heterocycles. The molecule has 0 fully saturated rings. The molecular weight excluding hydrogens is 188 g/mol. The van der Waals surface area contributed by atoms with Crippen molar-refractivity contribution in [1.29, 1.82) is 0 Å². The van der Waals surface area contributed by atoms with Crippen molar-refractivity contribution in [3.05, 3.63) is 29.3 Å². The number of nitrogens with two attached hydrogens (primary N) is 1. The molecule has 1 aliphatic heterocycles. The molecule has 3 N–H and O–H groups in total. The first-order valence-corrected chi connectivity index (χ1v) is 5.39. The van der Waals surface area contributed by atoms with E-state index in [1.54, 1.807) is 0 Å². The highest BCUT2D eigenvalue weighted by molar-refractivity contribution is 5.46. The van der Waals surface area contributed by atoms with Crippen LogP contribution in [0.2, 0.25) is 0 Å². The molecule has 1 heterocycles. The number of nitrogen functional groups attached to an aromatic ring is 1. The highest BCUT2D eigenvalue weighted by Crippen LogP contribution is 2.25. The third-order valence-electron chi connectivity index (χ3n) is 2.90. The van der Waals surface area contributed by atoms with E-state index < -0.39 is 0 Å². The van der Waals surface area contributed by atoms with E-state index in [0.29, 0.717) is 5.92 Å². The highest BCUT2D eigenvalue weighted by atomic mass is 16.3. The molecule has 3 nitrogen and oxygen atoms in total. The van der Waals surface area contributed by atoms with Gasteiger partial charge in [0.2, 0.25) is 0 Å². The van der Waals surface area contributed by atoms with Crippen LogP contribution in [0.5, 0.6) is 0 Å². The number of fused-ring (bicyclic) bond motifs is 1. The minimum absolute atomic E-state index is 0.259. The van der Waals surface area contributed by atoms with Gasteiger partial charge in [-0.1, -0.05) is 13.0 Å². The number of aliphatic hydroxyl groups is 1. The molecule has 1 aromatic carbocycles. The normalized spacial score (nSPS) is 17.7. The van der Waals surface area contributed by atoms with Gasteiger partial charge in [0.25, 0.3) is 0 Å². The second-order valence-electron chi connectivity index (χ2n) is 4.49. The lowest BCUT2D eigenvalue weighted by atomic mass is 10.1. The Bertz CT molecular complexity index is 351. The van der Waals surface area contributed by atoms with Crippen molar-refractivity contribution < 1.29 is 5.11 Å². The van der Waals surface area contributed by atoms with Crippen LogP contribution in [0.3, 0.4) is 0 Å². The minimum Gasteiger partial charge on any atom is -0.399 e. The average Bonchev–Trinajstić information content (AvgIpc) is 2.59. The molecule has 0 spiro atoms. The van der Waals surface area contributed by atoms with Crippen molar-refractivity contribution in [3.63, 3.8) is 0 Å². The van der Waals surface area contributed by atoms with Crippen LogP contribution in [0.1, 0.15) is 18.1 Å². The molecule has 3 heteroatoms. The van der Waals surface area contributed by atoms with E-state index in [1.165, 1.54) is 11.1 Å². The number of nitrogens with zero attached hydrogens (tertiary/aromatic N) is 1. The summed E-state index contributed by atoms with van der Waals surface area (Å²) >= 11 is 0. The van der Waals surface area contributed by atoms with Gasteiger partial charge in [-0.3, -0.25) is 4.90 Å². The molecule has 0 aliphatic carbocycles. The summed E-state index contributed by atoms with van der Waals surface area (Å²) in [5.41, 5.74) is 9.29. The largest absolute Gasteiger partial charge is 0.399 e. The summed E-state index contributed by atoms with van der Waals surface area (Å²) in [7, 11) is 0. The molecule has 1 atom stereocenters. The summed E-state index contributed by atoms with van der Waals surface area (Å²) in [6, 6.07) is 6.12. The van der Waals surface area contributed by atoms with Crippen molar-refractivity contribution in [2.24, 2.45) is 5.92 Å². The Labute approximate surface area is 90.5 Å². The Morgan fingerprint density at radius 3 is 2.87 bits per heavy atom. The van der Waals surface area contributed by atoms with Crippen LogP contribution in [-0.4, -0.2) is 23.2 Å². The summed E-state index contributed by atoms with van der Waals surface area (Å²) < 4.78 is 0. The smallest absolute Gasteiger partial charge is 0.0468 e. The number of aliphatic hydroxyl groups excluding tert-OH is 1. The van der Waals surface area contributed by atoms with Gasteiger partial charge in [-0.15, -0.1) is 0 Å². The molecule has 82 valence electrons. The van der Waals surface area contributed by atoms with E-state index in [2.05, 4.69) is 24.0 Å². The fourth-order valence-electron chi connectivity index (χ4n) is 2.11. The van der Waals surface area contributed by atoms with E-state index >= 15 is 0 Å². The number of benzene rings is 1. The Balaban J connectivity index is 2.03. The van der Waals surface area contributed by atoms with Crippen LogP contribution in [0, 0.1) is 5.92 Å². The topological polar surface area (TPSA) is 49.5 Å². The third-order valence-corrected chi connectivity index (χ3v) is 2.90. The molecule has 1 aliphatic rings. The van der Waals surface area contributed by atoms with E-state index in [4.69, 9.17) is 10.8 Å². The monoisotopic (exact) mass is 206 g/mol. The molecule has 1 unspecified atom stereocenters. The van der Waals surface area contributed by atoms with Crippen LogP contribution in [-0.2, 0) is 13.1 Å². The van der Waals surface area contributed by atoms with E-state index in [9.17, 15) is 0 Å². The summed E-state index contributed by atoms with van der Waals surface area (Å²) in [5.74, 6) is 0.344. The number of hydrogen-bond acceptors (Lipinski definition) is 3. The zero-order chi connectivity index (χ0) is 10.8. The molecule has 15 heavy (non-hydrogen) atoms. The van der Waals surface area contributed by atoms with Crippen molar-refractivity contribution >= 4 is 5.69 Å². The number of hydrogen-bond donors (Lipinski definition) is 2. The van der Waals surface area contributed by atoms with Gasteiger partial charge in [-0.05, 0) is 29.2 Å². The molecule has 0 saturated carbocycles. The van der Waals surface area contributed by atoms with Gasteiger partial charge >= 0.3 is 0 Å². The fraction of sp³-hybridized carbons (Fsp3) is 0.500. The predicted octanol–water partition coefficient (Wildman–Crippen LogP) is 1.21. The van der Waals surface area contributed by atoms with Crippen molar-refractivity contribution in [3.8, 4) is 0 Å². The molecule has 0 bridgehead atoms. The minimum atomic E-state index is 0.259. The molecule has 0 radical (unpaired) electrons. The quantitative estimate of drug-likeness (QED) is 0.731. The molecule has 1 aromatic rings. The summed E-state index contributed by atoms with van der Waals surface area (Å²) in [6.45, 7) is 5.22. The molecule has 0 amide bonds. The first kappa shape index (κ1) is 10.5. The fourth-order valence-corrected chi connectivity index (χ4v) is 2.11. The first-order valence-electron chi connectivity index (χ1n) is 5.39. The Morgan fingerprint density at radius 2 is 2.13 bits per heavy atom. The lowest BCUT2D eigenvalue weighted by molar-refractivity contribution is 0.173. The average molecular weight is 206 g/mol. The third kappa shape index (κ3) is 2.30. The van der Waals surface area contributed by atoms with Crippen molar-refractivity contribution in [2.45, 2.75) is 20.0 Å². The van der Waals surface area contributed by atoms with Gasteiger partial charge < -0.3 is 10.8 Å². The van der Waals surface area contributed by atoms with Gasteiger partial charge in [-0.2, -0.15) is 0 Å². The van der Waals surface area contributed by atoms with Crippen LogP contribution >= 0.6 is 0 Å². The Kier molecular flexibility index (Phi) is 2.93. The maximum atomic E-state index is 9.01. The van der Waals surface area contributed by atoms with Crippen LogP contribution in [0.25, 0.3) is 0 Å². The van der Waals surface area contributed by atoms with Crippen LogP contribution < -0.4 is 5.73 Å². The lowest BCUT2D eigenvalue weighted by Gasteiger charge is -2.18. The SMILES string of the molecule is CC(CO)CN1Cc2ccc(N)cc2C1. The zero-order valence-corrected chi connectivity index (χ0v) is 9.11. The van der Waals surface area contributed by atoms with Crippen LogP contribution in [0.4, 0.5) is 5.69 Å². The summed E-state index contributed by atoms with van der Waals surface area (Å²) in [5, 5.41) is 9.01. The van der Waals surface area contributed by atoms with Gasteiger partial charge in [0.05, 0.1) is 0 Å². The van der Waals surface area contributed by atoms with Gasteiger partial charge in [0.1, 0.15) is 0 Å². The van der Waals surface area contributed by atoms with E-state index in [-0.39, 0.29) is 6.61 Å². The standard InChI is InChI=1S/C12H18N2O/c1-9(8-15)5-14-6-10-2-3-12(13)4-11(10)7-14/h2-4,9,15H,5-8,13H2,1H3. The van der Waals surface area contributed by atoms with E-state index in [0.717, 1.165) is 25.3 Å². The van der Waals surface area contributed by atoms with Gasteiger partial charge in [0, 0.05) is 31.9 Å². The zero-order valence-electron chi connectivity index (χ0n) is 9.11. The number of anilines is 1. The highest BCUT2D eigenvalue weighted by Gasteiger charge is 2.19. The Morgan fingerprint density at radius 1 is 1.40 bits per heavy atom. The second-order valence-corrected chi connectivity index (χ2v) is 4.49. The van der Waals surface area contributed by atoms with Crippen LogP contribution in [0.15, 0.2) is 18.2 Å². The predicted molar refractivity (Wildman–Crippen MR) is 61.2 cm³/mol. The summed E-state index contributed by atoms with van der Waals surface area (Å²) in [6.07, 6.45) is 0. The van der Waals surface area contributed by atoms with Gasteiger partial charge in [-0.25, -0.2) is 0 Å². The van der Waals surface area contributed by atoms with Crippen molar-refractivity contribution in [2.75, 3.05) is 18.9 Å². The first-order chi connectivity index (χ1) is 7.19. The maximum absolute atomic E-state index is 9.01. The van der Waals surface area contributed by atoms with Crippen molar-refractivity contribution in [1.82, 2.24) is 4.90 Å². The molecule has 0 saturated heterocycles. The summed E-state index contributed by atoms with van der Waals surface area (Å²) in [4.78, 5) is 2.35. The Hall–Kier alpha value is -1.06. The van der Waals surface area contributed by atoms with Gasteiger partial charge in [0.15, 0.2) is 0 Å². The molecular formula is C12H18N2O. The second kappa shape index (κ2) is 4.21.